The van der Waals surface area contributed by atoms with Crippen LogP contribution in [0.15, 0.2) is 18.2 Å². The standard InChI is InChI=1S/C10H6ClF3O4S2.C6H14/c11-9-3-6-7(18-20(16,17)10(12,13)14)1-5(4-15)2-8(6)19-9;1-3-5-6-4-2/h1-3,15H,4H2;3-6H2,1-2H3. The molecular formula is C16H20ClF3O4S2. The van der Waals surface area contributed by atoms with Gasteiger partial charge in [0.2, 0.25) is 0 Å². The van der Waals surface area contributed by atoms with Crippen LogP contribution in [0.5, 0.6) is 5.75 Å². The fourth-order valence-corrected chi connectivity index (χ4v) is 3.65. The summed E-state index contributed by atoms with van der Waals surface area (Å²) in [5.74, 6) is -0.521. The number of alkyl halides is 3. The van der Waals surface area contributed by atoms with Crippen molar-refractivity contribution in [2.75, 3.05) is 0 Å². The number of hydrogen-bond acceptors (Lipinski definition) is 5. The zero-order chi connectivity index (χ0) is 20.0. The van der Waals surface area contributed by atoms with Crippen LogP contribution < -0.4 is 4.18 Å². The van der Waals surface area contributed by atoms with E-state index in [1.54, 1.807) is 0 Å². The second-order valence-corrected chi connectivity index (χ2v) is 8.66. The molecule has 1 heterocycles. The number of fused-ring (bicyclic) bond motifs is 1. The van der Waals surface area contributed by atoms with E-state index in [1.165, 1.54) is 37.8 Å². The Morgan fingerprint density at radius 1 is 1.15 bits per heavy atom. The van der Waals surface area contributed by atoms with E-state index in [-0.39, 0.29) is 15.3 Å². The summed E-state index contributed by atoms with van der Waals surface area (Å²) in [5, 5.41) is 9.16. The Morgan fingerprint density at radius 3 is 2.19 bits per heavy atom. The molecule has 26 heavy (non-hydrogen) atoms. The molecule has 10 heteroatoms. The molecular weight excluding hydrogens is 413 g/mol. The smallest absolute Gasteiger partial charge is 0.392 e. The SMILES string of the molecule is CCCCCC.O=S(=O)(Oc1cc(CO)cc2sc(Cl)cc12)C(F)(F)F. The highest BCUT2D eigenvalue weighted by atomic mass is 35.5. The first kappa shape index (κ1) is 23.0. The third kappa shape index (κ3) is 6.29. The first-order chi connectivity index (χ1) is 12.1. The van der Waals surface area contributed by atoms with Crippen LogP contribution in [0.1, 0.15) is 45.1 Å². The monoisotopic (exact) mass is 432 g/mol. The third-order valence-corrected chi connectivity index (χ3v) is 5.43. The van der Waals surface area contributed by atoms with Crippen molar-refractivity contribution in [1.29, 1.82) is 0 Å². The number of unbranched alkanes of at least 4 members (excludes halogenated alkanes) is 3. The summed E-state index contributed by atoms with van der Waals surface area (Å²) in [6.45, 7) is 3.99. The molecule has 0 saturated carbocycles. The topological polar surface area (TPSA) is 63.6 Å². The second kappa shape index (κ2) is 9.77. The molecule has 2 rings (SSSR count). The Bertz CT molecular complexity index is 813. The number of benzene rings is 1. The molecule has 0 aliphatic rings. The zero-order valence-electron chi connectivity index (χ0n) is 14.3. The van der Waals surface area contributed by atoms with Gasteiger partial charge < -0.3 is 9.29 Å². The Kier molecular flexibility index (Phi) is 8.65. The molecule has 0 saturated heterocycles. The van der Waals surface area contributed by atoms with Crippen LogP contribution in [0, 0.1) is 0 Å². The quantitative estimate of drug-likeness (QED) is 0.352. The summed E-state index contributed by atoms with van der Waals surface area (Å²) in [6.07, 6.45) is 5.54. The first-order valence-corrected chi connectivity index (χ1v) is 10.5. The van der Waals surface area contributed by atoms with Gasteiger partial charge in [0, 0.05) is 10.1 Å². The van der Waals surface area contributed by atoms with Crippen LogP contribution >= 0.6 is 22.9 Å². The Balaban J connectivity index is 0.000000487. The number of rotatable bonds is 6. The molecule has 0 radical (unpaired) electrons. The van der Waals surface area contributed by atoms with Crippen LogP contribution in [0.25, 0.3) is 10.1 Å². The molecule has 0 aliphatic carbocycles. The molecule has 1 N–H and O–H groups in total. The van der Waals surface area contributed by atoms with Crippen LogP contribution in [0.4, 0.5) is 13.2 Å². The van der Waals surface area contributed by atoms with Crippen molar-refractivity contribution in [2.24, 2.45) is 0 Å². The van der Waals surface area contributed by atoms with Crippen molar-refractivity contribution in [3.63, 3.8) is 0 Å². The van der Waals surface area contributed by atoms with Crippen molar-refractivity contribution in [1.82, 2.24) is 0 Å². The lowest BCUT2D eigenvalue weighted by Gasteiger charge is -2.11. The van der Waals surface area contributed by atoms with Gasteiger partial charge in [-0.1, -0.05) is 51.1 Å². The molecule has 0 spiro atoms. The van der Waals surface area contributed by atoms with Gasteiger partial charge in [-0.3, -0.25) is 0 Å². The Labute approximate surface area is 159 Å². The maximum absolute atomic E-state index is 12.3. The highest BCUT2D eigenvalue weighted by Crippen LogP contribution is 2.38. The number of hydrogen-bond donors (Lipinski definition) is 1. The highest BCUT2D eigenvalue weighted by Gasteiger charge is 2.48. The maximum Gasteiger partial charge on any atom is 0.534 e. The molecule has 0 aliphatic heterocycles. The summed E-state index contributed by atoms with van der Waals surface area (Å²) in [7, 11) is -5.78. The minimum Gasteiger partial charge on any atom is -0.392 e. The van der Waals surface area contributed by atoms with E-state index in [0.29, 0.717) is 4.70 Å². The number of aliphatic hydroxyl groups is 1. The largest absolute Gasteiger partial charge is 0.534 e. The normalized spacial score (nSPS) is 12.0. The van der Waals surface area contributed by atoms with Crippen LogP contribution in [-0.4, -0.2) is 19.0 Å². The fraction of sp³-hybridized carbons (Fsp3) is 0.500. The fourth-order valence-electron chi connectivity index (χ4n) is 1.96. The lowest BCUT2D eigenvalue weighted by Crippen LogP contribution is -2.28. The second-order valence-electron chi connectivity index (χ2n) is 5.40. The van der Waals surface area contributed by atoms with Gasteiger partial charge in [-0.2, -0.15) is 21.6 Å². The van der Waals surface area contributed by atoms with E-state index in [9.17, 15) is 21.6 Å². The van der Waals surface area contributed by atoms with Crippen LogP contribution in [0.3, 0.4) is 0 Å². The van der Waals surface area contributed by atoms with Gasteiger partial charge in [0.1, 0.15) is 0 Å². The maximum atomic E-state index is 12.3. The Hall–Kier alpha value is -1.03. The molecule has 0 fully saturated rings. The van der Waals surface area contributed by atoms with E-state index in [0.717, 1.165) is 17.4 Å². The predicted molar refractivity (Wildman–Crippen MR) is 98.2 cm³/mol. The van der Waals surface area contributed by atoms with Crippen molar-refractivity contribution in [2.45, 2.75) is 51.6 Å². The third-order valence-electron chi connectivity index (χ3n) is 3.25. The van der Waals surface area contributed by atoms with Gasteiger partial charge in [0.05, 0.1) is 10.9 Å². The van der Waals surface area contributed by atoms with Gasteiger partial charge in [0.25, 0.3) is 0 Å². The summed E-state index contributed by atoms with van der Waals surface area (Å²) in [6, 6.07) is 3.80. The van der Waals surface area contributed by atoms with E-state index in [4.69, 9.17) is 16.7 Å². The van der Waals surface area contributed by atoms with Gasteiger partial charge in [-0.05, 0) is 23.8 Å². The molecule has 0 unspecified atom stereocenters. The van der Waals surface area contributed by atoms with Crippen molar-refractivity contribution < 1.29 is 30.9 Å². The molecule has 4 nitrogen and oxygen atoms in total. The molecule has 2 aromatic rings. The lowest BCUT2D eigenvalue weighted by atomic mass is 10.2. The molecule has 1 aromatic carbocycles. The zero-order valence-corrected chi connectivity index (χ0v) is 16.7. The summed E-state index contributed by atoms with van der Waals surface area (Å²) in [4.78, 5) is 0. The highest BCUT2D eigenvalue weighted by molar-refractivity contribution is 7.88. The van der Waals surface area contributed by atoms with E-state index < -0.39 is 28.0 Å². The van der Waals surface area contributed by atoms with Crippen LogP contribution in [-0.2, 0) is 16.7 Å². The summed E-state index contributed by atoms with van der Waals surface area (Å²) >= 11 is 6.77. The predicted octanol–water partition coefficient (Wildman–Crippen LogP) is 5.86. The average Bonchev–Trinajstić information content (AvgIpc) is 2.92. The van der Waals surface area contributed by atoms with Gasteiger partial charge in [0.15, 0.2) is 5.75 Å². The molecule has 0 bridgehead atoms. The van der Waals surface area contributed by atoms with Gasteiger partial charge in [-0.25, -0.2) is 0 Å². The number of aliphatic hydroxyl groups excluding tert-OH is 1. The van der Waals surface area contributed by atoms with Gasteiger partial charge in [-0.15, -0.1) is 11.3 Å². The number of halogens is 4. The van der Waals surface area contributed by atoms with Crippen molar-refractivity contribution in [3.8, 4) is 5.75 Å². The van der Waals surface area contributed by atoms with E-state index in [2.05, 4.69) is 18.0 Å². The minimum absolute atomic E-state index is 0.130. The van der Waals surface area contributed by atoms with Gasteiger partial charge >= 0.3 is 15.6 Å². The molecule has 148 valence electrons. The van der Waals surface area contributed by atoms with Crippen molar-refractivity contribution in [3.05, 3.63) is 28.1 Å². The lowest BCUT2D eigenvalue weighted by molar-refractivity contribution is -0.0499. The van der Waals surface area contributed by atoms with Crippen molar-refractivity contribution >= 4 is 43.1 Å². The molecule has 1 aromatic heterocycles. The first-order valence-electron chi connectivity index (χ1n) is 7.89. The summed E-state index contributed by atoms with van der Waals surface area (Å²) in [5.41, 5.74) is -5.32. The van der Waals surface area contributed by atoms with E-state index >= 15 is 0 Å². The molecule has 0 amide bonds. The van der Waals surface area contributed by atoms with Crippen LogP contribution in [0.2, 0.25) is 4.34 Å². The average molecular weight is 433 g/mol. The Morgan fingerprint density at radius 2 is 1.73 bits per heavy atom. The number of thiophene rings is 1. The summed E-state index contributed by atoms with van der Waals surface area (Å²) < 4.78 is 63.8. The van der Waals surface area contributed by atoms with E-state index in [1.807, 2.05) is 0 Å². The minimum atomic E-state index is -5.78. The molecule has 0 atom stereocenters.